The number of hydrogen-bond donors (Lipinski definition) is 2. The highest BCUT2D eigenvalue weighted by Crippen LogP contribution is 2.32. The third-order valence-electron chi connectivity index (χ3n) is 1.93. The van der Waals surface area contributed by atoms with Crippen LogP contribution in [-0.2, 0) is 0 Å². The molecule has 0 aliphatic heterocycles. The summed E-state index contributed by atoms with van der Waals surface area (Å²) in [6.07, 6.45) is 0.865. The Hall–Kier alpha value is 0.270. The molecule has 0 aliphatic carbocycles. The Bertz CT molecular complexity index is 131. The molecule has 0 fully saturated rings. The Morgan fingerprint density at radius 2 is 1.92 bits per heavy atom. The Kier molecular flexibility index (Phi) is 6.01. The molecule has 0 spiro atoms. The molecule has 0 heterocycles. The van der Waals surface area contributed by atoms with Crippen molar-refractivity contribution < 1.29 is 5.11 Å². The Morgan fingerprint density at radius 3 is 2.23 bits per heavy atom. The highest BCUT2D eigenvalue weighted by atomic mass is 32.2. The predicted octanol–water partition coefficient (Wildman–Crippen LogP) is 1.86. The first-order valence-electron chi connectivity index (χ1n) is 4.87. The molecule has 2 unspecified atom stereocenters. The first kappa shape index (κ1) is 13.3. The largest absolute Gasteiger partial charge is 0.396 e. The van der Waals surface area contributed by atoms with Gasteiger partial charge in [0.1, 0.15) is 0 Å². The van der Waals surface area contributed by atoms with Crippen molar-refractivity contribution in [1.29, 1.82) is 0 Å². The second kappa shape index (κ2) is 5.89. The fourth-order valence-corrected chi connectivity index (χ4v) is 2.82. The molecular formula is C10H23NOS. The molecule has 0 aromatic carbocycles. The van der Waals surface area contributed by atoms with E-state index < -0.39 is 0 Å². The van der Waals surface area contributed by atoms with E-state index in [1.165, 1.54) is 0 Å². The Labute approximate surface area is 86.3 Å². The summed E-state index contributed by atoms with van der Waals surface area (Å²) in [5.41, 5.74) is 6.17. The average molecular weight is 205 g/mol. The van der Waals surface area contributed by atoms with Crippen molar-refractivity contribution in [2.24, 2.45) is 11.1 Å². The number of thioether (sulfide) groups is 1. The maximum atomic E-state index is 8.68. The van der Waals surface area contributed by atoms with E-state index in [1.807, 2.05) is 11.8 Å². The second-order valence-corrected chi connectivity index (χ2v) is 5.84. The number of hydrogen-bond acceptors (Lipinski definition) is 3. The van der Waals surface area contributed by atoms with Crippen molar-refractivity contribution in [3.8, 4) is 0 Å². The van der Waals surface area contributed by atoms with Crippen molar-refractivity contribution in [3.05, 3.63) is 0 Å². The fraction of sp³-hybridized carbons (Fsp3) is 1.00. The molecule has 3 heteroatoms. The van der Waals surface area contributed by atoms with E-state index in [-0.39, 0.29) is 18.1 Å². The lowest BCUT2D eigenvalue weighted by molar-refractivity contribution is 0.295. The zero-order valence-corrected chi connectivity index (χ0v) is 10.0. The second-order valence-electron chi connectivity index (χ2n) is 4.59. The summed E-state index contributed by atoms with van der Waals surface area (Å²) in [6, 6.07) is 0.212. The molecular weight excluding hydrogens is 182 g/mol. The minimum atomic E-state index is 0.212. The van der Waals surface area contributed by atoms with E-state index in [2.05, 4.69) is 27.7 Å². The van der Waals surface area contributed by atoms with Crippen LogP contribution in [0.15, 0.2) is 0 Å². The Balaban J connectivity index is 3.97. The van der Waals surface area contributed by atoms with Crippen molar-refractivity contribution in [2.75, 3.05) is 12.4 Å². The molecule has 2 atom stereocenters. The Morgan fingerprint density at radius 1 is 1.38 bits per heavy atom. The third-order valence-corrected chi connectivity index (χ3v) is 3.95. The van der Waals surface area contributed by atoms with Crippen molar-refractivity contribution in [3.63, 3.8) is 0 Å². The van der Waals surface area contributed by atoms with Gasteiger partial charge in [0, 0.05) is 17.9 Å². The van der Waals surface area contributed by atoms with Crippen molar-refractivity contribution >= 4 is 11.8 Å². The van der Waals surface area contributed by atoms with Crippen LogP contribution in [0.25, 0.3) is 0 Å². The molecule has 80 valence electrons. The fourth-order valence-electron chi connectivity index (χ4n) is 1.47. The van der Waals surface area contributed by atoms with Crippen molar-refractivity contribution in [1.82, 2.24) is 0 Å². The molecule has 0 aromatic rings. The lowest BCUT2D eigenvalue weighted by Crippen LogP contribution is -2.39. The number of nitrogens with two attached hydrogens (primary N) is 1. The van der Waals surface area contributed by atoms with E-state index in [9.17, 15) is 0 Å². The van der Waals surface area contributed by atoms with Gasteiger partial charge in [0.05, 0.1) is 0 Å². The van der Waals surface area contributed by atoms with Crippen LogP contribution in [0.5, 0.6) is 0 Å². The molecule has 13 heavy (non-hydrogen) atoms. The molecule has 0 saturated heterocycles. The third kappa shape index (κ3) is 5.55. The summed E-state index contributed by atoms with van der Waals surface area (Å²) in [4.78, 5) is 0. The minimum Gasteiger partial charge on any atom is -0.396 e. The quantitative estimate of drug-likeness (QED) is 0.674. The van der Waals surface area contributed by atoms with E-state index in [1.54, 1.807) is 0 Å². The van der Waals surface area contributed by atoms with Gasteiger partial charge in [-0.15, -0.1) is 0 Å². The van der Waals surface area contributed by atoms with Crippen LogP contribution >= 0.6 is 11.8 Å². The topological polar surface area (TPSA) is 46.2 Å². The number of aliphatic hydroxyl groups is 1. The maximum Gasteiger partial charge on any atom is 0.0438 e. The van der Waals surface area contributed by atoms with Crippen LogP contribution in [0.4, 0.5) is 0 Å². The molecule has 2 nitrogen and oxygen atoms in total. The first-order valence-corrected chi connectivity index (χ1v) is 5.92. The van der Waals surface area contributed by atoms with Crippen LogP contribution < -0.4 is 5.73 Å². The van der Waals surface area contributed by atoms with Crippen molar-refractivity contribution in [2.45, 2.75) is 45.4 Å². The number of rotatable bonds is 5. The van der Waals surface area contributed by atoms with Gasteiger partial charge in [0.25, 0.3) is 0 Å². The van der Waals surface area contributed by atoms with E-state index >= 15 is 0 Å². The van der Waals surface area contributed by atoms with Crippen LogP contribution in [-0.4, -0.2) is 28.8 Å². The molecule has 0 bridgehead atoms. The van der Waals surface area contributed by atoms with Gasteiger partial charge < -0.3 is 10.8 Å². The van der Waals surface area contributed by atoms with Gasteiger partial charge in [-0.25, -0.2) is 0 Å². The van der Waals surface area contributed by atoms with Crippen LogP contribution in [0.1, 0.15) is 34.1 Å². The summed E-state index contributed by atoms with van der Waals surface area (Å²) >= 11 is 1.88. The summed E-state index contributed by atoms with van der Waals surface area (Å²) in [7, 11) is 0. The molecule has 0 saturated carbocycles. The lowest BCUT2D eigenvalue weighted by atomic mass is 9.88. The van der Waals surface area contributed by atoms with Gasteiger partial charge in [-0.2, -0.15) is 11.8 Å². The minimum absolute atomic E-state index is 0.212. The van der Waals surface area contributed by atoms with Gasteiger partial charge in [0.15, 0.2) is 0 Å². The normalized spacial score (nSPS) is 17.1. The van der Waals surface area contributed by atoms with E-state index in [0.29, 0.717) is 5.25 Å². The smallest absolute Gasteiger partial charge is 0.0438 e. The van der Waals surface area contributed by atoms with Gasteiger partial charge in [-0.1, -0.05) is 20.8 Å². The average Bonchev–Trinajstić information content (AvgIpc) is 1.94. The standard InChI is InChI=1S/C10H23NOS/c1-8(11)9(10(2,3)4)13-7-5-6-12/h8-9,12H,5-7,11H2,1-4H3. The van der Waals surface area contributed by atoms with Gasteiger partial charge >= 0.3 is 0 Å². The van der Waals surface area contributed by atoms with Gasteiger partial charge in [0.2, 0.25) is 0 Å². The summed E-state index contributed by atoms with van der Waals surface area (Å²) in [6.45, 7) is 8.98. The molecule has 3 N–H and O–H groups in total. The first-order chi connectivity index (χ1) is 5.89. The highest BCUT2D eigenvalue weighted by molar-refractivity contribution is 8.00. The van der Waals surface area contributed by atoms with E-state index in [4.69, 9.17) is 10.8 Å². The van der Waals surface area contributed by atoms with Gasteiger partial charge in [-0.05, 0) is 24.5 Å². The predicted molar refractivity (Wildman–Crippen MR) is 61.1 cm³/mol. The zero-order valence-electron chi connectivity index (χ0n) is 9.21. The highest BCUT2D eigenvalue weighted by Gasteiger charge is 2.27. The summed E-state index contributed by atoms with van der Waals surface area (Å²) < 4.78 is 0. The van der Waals surface area contributed by atoms with Crippen LogP contribution in [0.3, 0.4) is 0 Å². The molecule has 0 aliphatic rings. The molecule has 0 aromatic heterocycles. The molecule has 0 radical (unpaired) electrons. The summed E-state index contributed by atoms with van der Waals surface area (Å²) in [5, 5.41) is 9.15. The monoisotopic (exact) mass is 205 g/mol. The molecule has 0 rings (SSSR count). The van der Waals surface area contributed by atoms with Crippen LogP contribution in [0, 0.1) is 5.41 Å². The summed E-state index contributed by atoms with van der Waals surface area (Å²) in [5.74, 6) is 1.000. The SMILES string of the molecule is CC(N)C(SCCCO)C(C)(C)C. The van der Waals surface area contributed by atoms with Crippen LogP contribution in [0.2, 0.25) is 0 Å². The zero-order chi connectivity index (χ0) is 10.5. The maximum absolute atomic E-state index is 8.68. The number of aliphatic hydroxyl groups excluding tert-OH is 1. The lowest BCUT2D eigenvalue weighted by Gasteiger charge is -2.33. The van der Waals surface area contributed by atoms with Gasteiger partial charge in [-0.3, -0.25) is 0 Å². The molecule has 0 amide bonds. The van der Waals surface area contributed by atoms with E-state index in [0.717, 1.165) is 12.2 Å².